The standard InChI is InChI=1S/C15H18N2O/c1-10-8-12(4-6-14(10)16)17-15-7-5-13(18-3)9-11(15)2/h4-9,17H,16H2,1-3H3. The first-order chi connectivity index (χ1) is 8.60. The van der Waals surface area contributed by atoms with E-state index in [1.165, 1.54) is 0 Å². The molecule has 0 aliphatic carbocycles. The van der Waals surface area contributed by atoms with Crippen molar-refractivity contribution in [3.8, 4) is 5.75 Å². The molecule has 2 aromatic rings. The summed E-state index contributed by atoms with van der Waals surface area (Å²) in [6.45, 7) is 4.05. The molecule has 0 heterocycles. The molecule has 0 bridgehead atoms. The van der Waals surface area contributed by atoms with Gasteiger partial charge in [-0.2, -0.15) is 0 Å². The summed E-state index contributed by atoms with van der Waals surface area (Å²) in [5.41, 5.74) is 10.9. The lowest BCUT2D eigenvalue weighted by molar-refractivity contribution is 0.414. The predicted molar refractivity (Wildman–Crippen MR) is 76.6 cm³/mol. The molecule has 3 heteroatoms. The van der Waals surface area contributed by atoms with Crippen molar-refractivity contribution in [2.75, 3.05) is 18.2 Å². The Morgan fingerprint density at radius 1 is 1.00 bits per heavy atom. The van der Waals surface area contributed by atoms with E-state index in [0.717, 1.165) is 33.9 Å². The van der Waals surface area contributed by atoms with Crippen molar-refractivity contribution in [3.63, 3.8) is 0 Å². The quantitative estimate of drug-likeness (QED) is 0.808. The Balaban J connectivity index is 2.25. The summed E-state index contributed by atoms with van der Waals surface area (Å²) in [5, 5.41) is 3.38. The second kappa shape index (κ2) is 5.00. The van der Waals surface area contributed by atoms with Gasteiger partial charge in [0.05, 0.1) is 7.11 Å². The number of benzene rings is 2. The number of nitrogen functional groups attached to an aromatic ring is 1. The fourth-order valence-electron chi connectivity index (χ4n) is 1.81. The van der Waals surface area contributed by atoms with Crippen LogP contribution in [0.25, 0.3) is 0 Å². The maximum atomic E-state index is 5.81. The van der Waals surface area contributed by atoms with E-state index in [1.807, 2.05) is 43.3 Å². The van der Waals surface area contributed by atoms with Crippen molar-refractivity contribution in [3.05, 3.63) is 47.5 Å². The third-order valence-electron chi connectivity index (χ3n) is 2.98. The van der Waals surface area contributed by atoms with Gasteiger partial charge in [0.2, 0.25) is 0 Å². The molecule has 0 aliphatic heterocycles. The molecular weight excluding hydrogens is 224 g/mol. The van der Waals surface area contributed by atoms with E-state index in [9.17, 15) is 0 Å². The highest BCUT2D eigenvalue weighted by Gasteiger charge is 2.02. The van der Waals surface area contributed by atoms with Crippen molar-refractivity contribution < 1.29 is 4.74 Å². The molecule has 3 N–H and O–H groups in total. The highest BCUT2D eigenvalue weighted by Crippen LogP contribution is 2.26. The molecule has 0 radical (unpaired) electrons. The van der Waals surface area contributed by atoms with E-state index < -0.39 is 0 Å². The Bertz CT molecular complexity index is 564. The fraction of sp³-hybridized carbons (Fsp3) is 0.200. The molecule has 0 amide bonds. The number of anilines is 3. The summed E-state index contributed by atoms with van der Waals surface area (Å²) in [5.74, 6) is 0.867. The Kier molecular flexibility index (Phi) is 3.42. The number of aryl methyl sites for hydroxylation is 2. The summed E-state index contributed by atoms with van der Waals surface area (Å²) in [6, 6.07) is 11.9. The Morgan fingerprint density at radius 2 is 1.78 bits per heavy atom. The number of ether oxygens (including phenoxy) is 1. The van der Waals surface area contributed by atoms with Crippen LogP contribution < -0.4 is 15.8 Å². The molecular formula is C15H18N2O. The van der Waals surface area contributed by atoms with Gasteiger partial charge in [0.15, 0.2) is 0 Å². The lowest BCUT2D eigenvalue weighted by Crippen LogP contribution is -1.96. The minimum Gasteiger partial charge on any atom is -0.497 e. The molecule has 0 spiro atoms. The van der Waals surface area contributed by atoms with Gasteiger partial charge in [0.25, 0.3) is 0 Å². The molecule has 2 aromatic carbocycles. The van der Waals surface area contributed by atoms with Crippen LogP contribution in [0.3, 0.4) is 0 Å². The minimum atomic E-state index is 0.812. The summed E-state index contributed by atoms with van der Waals surface area (Å²) < 4.78 is 5.19. The highest BCUT2D eigenvalue weighted by molar-refractivity contribution is 5.67. The van der Waals surface area contributed by atoms with Crippen molar-refractivity contribution in [1.82, 2.24) is 0 Å². The summed E-state index contributed by atoms with van der Waals surface area (Å²) in [7, 11) is 1.67. The predicted octanol–water partition coefficient (Wildman–Crippen LogP) is 3.64. The van der Waals surface area contributed by atoms with Gasteiger partial charge in [-0.3, -0.25) is 0 Å². The van der Waals surface area contributed by atoms with Crippen LogP contribution >= 0.6 is 0 Å². The number of hydrogen-bond acceptors (Lipinski definition) is 3. The van der Waals surface area contributed by atoms with Gasteiger partial charge >= 0.3 is 0 Å². The van der Waals surface area contributed by atoms with Crippen LogP contribution in [0.5, 0.6) is 5.75 Å². The molecule has 0 unspecified atom stereocenters. The first kappa shape index (κ1) is 12.3. The van der Waals surface area contributed by atoms with E-state index in [0.29, 0.717) is 0 Å². The molecule has 18 heavy (non-hydrogen) atoms. The van der Waals surface area contributed by atoms with Gasteiger partial charge in [-0.1, -0.05) is 0 Å². The number of hydrogen-bond donors (Lipinski definition) is 2. The van der Waals surface area contributed by atoms with Gasteiger partial charge in [0, 0.05) is 17.1 Å². The normalized spacial score (nSPS) is 10.2. The van der Waals surface area contributed by atoms with E-state index in [-0.39, 0.29) is 0 Å². The maximum Gasteiger partial charge on any atom is 0.119 e. The second-order valence-electron chi connectivity index (χ2n) is 4.38. The molecule has 94 valence electrons. The first-order valence-corrected chi connectivity index (χ1v) is 5.88. The number of nitrogens with two attached hydrogens (primary N) is 1. The zero-order valence-electron chi connectivity index (χ0n) is 10.9. The first-order valence-electron chi connectivity index (χ1n) is 5.88. The Labute approximate surface area is 108 Å². The number of nitrogens with one attached hydrogen (secondary N) is 1. The van der Waals surface area contributed by atoms with Crippen LogP contribution in [0, 0.1) is 13.8 Å². The van der Waals surface area contributed by atoms with Crippen LogP contribution in [0.4, 0.5) is 17.1 Å². The van der Waals surface area contributed by atoms with Crippen LogP contribution in [0.1, 0.15) is 11.1 Å². The van der Waals surface area contributed by atoms with E-state index in [4.69, 9.17) is 10.5 Å². The molecule has 0 fully saturated rings. The van der Waals surface area contributed by atoms with Gasteiger partial charge in [-0.15, -0.1) is 0 Å². The van der Waals surface area contributed by atoms with Crippen molar-refractivity contribution in [2.45, 2.75) is 13.8 Å². The SMILES string of the molecule is COc1ccc(Nc2ccc(N)c(C)c2)c(C)c1. The smallest absolute Gasteiger partial charge is 0.119 e. The zero-order valence-corrected chi connectivity index (χ0v) is 10.9. The van der Waals surface area contributed by atoms with Gasteiger partial charge in [-0.25, -0.2) is 0 Å². The molecule has 0 aromatic heterocycles. The van der Waals surface area contributed by atoms with Crippen LogP contribution in [-0.2, 0) is 0 Å². The lowest BCUT2D eigenvalue weighted by atomic mass is 10.1. The molecule has 0 saturated heterocycles. The fourth-order valence-corrected chi connectivity index (χ4v) is 1.81. The van der Waals surface area contributed by atoms with Crippen molar-refractivity contribution >= 4 is 17.1 Å². The average molecular weight is 242 g/mol. The molecule has 0 aliphatic rings. The van der Waals surface area contributed by atoms with Gasteiger partial charge in [0.1, 0.15) is 5.75 Å². The second-order valence-corrected chi connectivity index (χ2v) is 4.38. The largest absolute Gasteiger partial charge is 0.497 e. The molecule has 0 atom stereocenters. The number of methoxy groups -OCH3 is 1. The van der Waals surface area contributed by atoms with E-state index in [2.05, 4.69) is 12.2 Å². The Hall–Kier alpha value is -2.16. The van der Waals surface area contributed by atoms with Gasteiger partial charge < -0.3 is 15.8 Å². The monoisotopic (exact) mass is 242 g/mol. The molecule has 3 nitrogen and oxygen atoms in total. The van der Waals surface area contributed by atoms with Crippen LogP contribution in [-0.4, -0.2) is 7.11 Å². The van der Waals surface area contributed by atoms with Crippen LogP contribution in [0.2, 0.25) is 0 Å². The molecule has 0 saturated carbocycles. The lowest BCUT2D eigenvalue weighted by Gasteiger charge is -2.12. The Morgan fingerprint density at radius 3 is 2.39 bits per heavy atom. The number of rotatable bonds is 3. The third kappa shape index (κ3) is 2.56. The van der Waals surface area contributed by atoms with E-state index >= 15 is 0 Å². The minimum absolute atomic E-state index is 0.812. The molecule has 2 rings (SSSR count). The average Bonchev–Trinajstić information content (AvgIpc) is 2.36. The maximum absolute atomic E-state index is 5.81. The van der Waals surface area contributed by atoms with Crippen molar-refractivity contribution in [1.29, 1.82) is 0 Å². The van der Waals surface area contributed by atoms with E-state index in [1.54, 1.807) is 7.11 Å². The topological polar surface area (TPSA) is 47.3 Å². The highest BCUT2D eigenvalue weighted by atomic mass is 16.5. The van der Waals surface area contributed by atoms with Gasteiger partial charge in [-0.05, 0) is 61.4 Å². The summed E-state index contributed by atoms with van der Waals surface area (Å²) >= 11 is 0. The van der Waals surface area contributed by atoms with Crippen molar-refractivity contribution in [2.24, 2.45) is 0 Å². The summed E-state index contributed by atoms with van der Waals surface area (Å²) in [4.78, 5) is 0. The summed E-state index contributed by atoms with van der Waals surface area (Å²) in [6.07, 6.45) is 0. The third-order valence-corrected chi connectivity index (χ3v) is 2.98. The van der Waals surface area contributed by atoms with Crippen LogP contribution in [0.15, 0.2) is 36.4 Å². The zero-order chi connectivity index (χ0) is 13.1.